The third kappa shape index (κ3) is 2.24. The van der Waals surface area contributed by atoms with E-state index in [1.54, 1.807) is 0 Å². The van der Waals surface area contributed by atoms with Gasteiger partial charge in [0.1, 0.15) is 6.61 Å². The summed E-state index contributed by atoms with van der Waals surface area (Å²) < 4.78 is 6.97. The van der Waals surface area contributed by atoms with E-state index in [1.165, 1.54) is 31.8 Å². The minimum atomic E-state index is -0.532. The second kappa shape index (κ2) is 4.63. The van der Waals surface area contributed by atoms with Crippen LogP contribution in [-0.2, 0) is 30.2 Å². The van der Waals surface area contributed by atoms with Crippen LogP contribution in [0.2, 0.25) is 0 Å². The topological polar surface area (TPSA) is 96.1 Å². The van der Waals surface area contributed by atoms with Crippen molar-refractivity contribution in [2.24, 2.45) is 14.1 Å². The average Bonchev–Trinajstić information content (AvgIpc) is 2.40. The Bertz CT molecular complexity index is 775. The Labute approximate surface area is 107 Å². The SMILES string of the molecule is CC(=O)OCc1cnc2c(n1)c(=O)n(C)c(=O)n2C. The Morgan fingerprint density at radius 2 is 2.00 bits per heavy atom. The first-order chi connectivity index (χ1) is 8.91. The largest absolute Gasteiger partial charge is 0.459 e. The molecule has 0 aliphatic heterocycles. The number of hydrogen-bond acceptors (Lipinski definition) is 6. The number of aryl methyl sites for hydroxylation is 1. The van der Waals surface area contributed by atoms with Crippen molar-refractivity contribution in [3.63, 3.8) is 0 Å². The Morgan fingerprint density at radius 1 is 1.32 bits per heavy atom. The van der Waals surface area contributed by atoms with E-state index in [4.69, 9.17) is 4.74 Å². The molecule has 2 aromatic rings. The van der Waals surface area contributed by atoms with E-state index in [0.29, 0.717) is 5.69 Å². The molecule has 0 saturated carbocycles. The Balaban J connectivity index is 2.63. The van der Waals surface area contributed by atoms with Crippen molar-refractivity contribution in [1.82, 2.24) is 19.1 Å². The number of hydrogen-bond donors (Lipinski definition) is 0. The van der Waals surface area contributed by atoms with Crippen LogP contribution in [0.5, 0.6) is 0 Å². The molecule has 0 radical (unpaired) electrons. The highest BCUT2D eigenvalue weighted by Gasteiger charge is 2.11. The molecular formula is C11H12N4O4. The van der Waals surface area contributed by atoms with Gasteiger partial charge in [0, 0.05) is 21.0 Å². The van der Waals surface area contributed by atoms with Crippen molar-refractivity contribution in [1.29, 1.82) is 0 Å². The van der Waals surface area contributed by atoms with Gasteiger partial charge in [-0.3, -0.25) is 18.7 Å². The number of rotatable bonds is 2. The predicted molar refractivity (Wildman–Crippen MR) is 65.5 cm³/mol. The molecule has 0 fully saturated rings. The molecule has 2 aromatic heterocycles. The summed E-state index contributed by atoms with van der Waals surface area (Å²) in [5.74, 6) is -0.449. The van der Waals surface area contributed by atoms with Crippen molar-refractivity contribution in [2.45, 2.75) is 13.5 Å². The Hall–Kier alpha value is -2.51. The van der Waals surface area contributed by atoms with Crippen LogP contribution in [-0.4, -0.2) is 25.1 Å². The van der Waals surface area contributed by atoms with E-state index in [9.17, 15) is 14.4 Å². The van der Waals surface area contributed by atoms with E-state index in [1.807, 2.05) is 0 Å². The zero-order valence-electron chi connectivity index (χ0n) is 10.7. The zero-order valence-corrected chi connectivity index (χ0v) is 10.7. The fraction of sp³-hybridized carbons (Fsp3) is 0.364. The lowest BCUT2D eigenvalue weighted by atomic mass is 10.4. The van der Waals surface area contributed by atoms with Crippen LogP contribution >= 0.6 is 0 Å². The maximum absolute atomic E-state index is 11.9. The molecular weight excluding hydrogens is 252 g/mol. The second-order valence-electron chi connectivity index (χ2n) is 4.02. The van der Waals surface area contributed by atoms with Crippen LogP contribution in [0.3, 0.4) is 0 Å². The van der Waals surface area contributed by atoms with Crippen LogP contribution in [0.15, 0.2) is 15.8 Å². The molecule has 0 aliphatic carbocycles. The van der Waals surface area contributed by atoms with E-state index in [-0.39, 0.29) is 17.8 Å². The lowest BCUT2D eigenvalue weighted by Crippen LogP contribution is -2.37. The van der Waals surface area contributed by atoms with Crippen LogP contribution in [0.25, 0.3) is 11.2 Å². The molecule has 0 aromatic carbocycles. The molecule has 2 rings (SSSR count). The van der Waals surface area contributed by atoms with Crippen molar-refractivity contribution in [2.75, 3.05) is 0 Å². The first-order valence-electron chi connectivity index (χ1n) is 5.47. The van der Waals surface area contributed by atoms with Crippen molar-refractivity contribution >= 4 is 17.1 Å². The minimum absolute atomic E-state index is 0.0641. The maximum atomic E-state index is 11.9. The van der Waals surface area contributed by atoms with Gasteiger partial charge in [-0.05, 0) is 0 Å². The molecule has 8 nitrogen and oxygen atoms in total. The highest BCUT2D eigenvalue weighted by molar-refractivity contribution is 5.68. The Morgan fingerprint density at radius 3 is 2.63 bits per heavy atom. The summed E-state index contributed by atoms with van der Waals surface area (Å²) >= 11 is 0. The molecule has 0 unspecified atom stereocenters. The fourth-order valence-corrected chi connectivity index (χ4v) is 1.61. The smallest absolute Gasteiger partial charge is 0.332 e. The summed E-state index contributed by atoms with van der Waals surface area (Å²) in [6.07, 6.45) is 1.37. The monoisotopic (exact) mass is 264 g/mol. The second-order valence-corrected chi connectivity index (χ2v) is 4.02. The molecule has 8 heteroatoms. The highest BCUT2D eigenvalue weighted by Crippen LogP contribution is 2.03. The molecule has 2 heterocycles. The number of aromatic nitrogens is 4. The van der Waals surface area contributed by atoms with Gasteiger partial charge in [-0.25, -0.2) is 14.8 Å². The summed E-state index contributed by atoms with van der Waals surface area (Å²) in [5, 5.41) is 0. The summed E-state index contributed by atoms with van der Waals surface area (Å²) in [4.78, 5) is 42.4. The molecule has 0 saturated heterocycles. The van der Waals surface area contributed by atoms with Gasteiger partial charge in [0.25, 0.3) is 5.56 Å². The van der Waals surface area contributed by atoms with Crippen LogP contribution in [0.1, 0.15) is 12.6 Å². The van der Waals surface area contributed by atoms with Gasteiger partial charge in [0.15, 0.2) is 11.2 Å². The maximum Gasteiger partial charge on any atom is 0.332 e. The van der Waals surface area contributed by atoms with E-state index >= 15 is 0 Å². The average molecular weight is 264 g/mol. The molecule has 100 valence electrons. The third-order valence-electron chi connectivity index (χ3n) is 2.63. The minimum Gasteiger partial charge on any atom is -0.459 e. The molecule has 0 amide bonds. The summed E-state index contributed by atoms with van der Waals surface area (Å²) in [6.45, 7) is 1.21. The molecule has 0 N–H and O–H groups in total. The highest BCUT2D eigenvalue weighted by atomic mass is 16.5. The van der Waals surface area contributed by atoms with Gasteiger partial charge in [-0.2, -0.15) is 0 Å². The third-order valence-corrected chi connectivity index (χ3v) is 2.63. The summed E-state index contributed by atoms with van der Waals surface area (Å²) in [7, 11) is 2.87. The standard InChI is InChI=1S/C11H12N4O4/c1-6(16)19-5-7-4-12-9-8(13-7)10(17)15(3)11(18)14(9)2/h4H,5H2,1-3H3. The Kier molecular flexibility index (Phi) is 3.16. The number of nitrogens with zero attached hydrogens (tertiary/aromatic N) is 4. The number of esters is 1. The summed E-state index contributed by atoms with van der Waals surface area (Å²) in [6, 6.07) is 0. The lowest BCUT2D eigenvalue weighted by Gasteiger charge is -2.07. The fourth-order valence-electron chi connectivity index (χ4n) is 1.61. The molecule has 0 spiro atoms. The van der Waals surface area contributed by atoms with Crippen molar-refractivity contribution < 1.29 is 9.53 Å². The van der Waals surface area contributed by atoms with Gasteiger partial charge < -0.3 is 4.74 Å². The number of ether oxygens (including phenoxy) is 1. The summed E-state index contributed by atoms with van der Waals surface area (Å²) in [5.41, 5.74) is -0.401. The molecule has 19 heavy (non-hydrogen) atoms. The van der Waals surface area contributed by atoms with Crippen LogP contribution in [0, 0.1) is 0 Å². The van der Waals surface area contributed by atoms with Crippen molar-refractivity contribution in [3.8, 4) is 0 Å². The van der Waals surface area contributed by atoms with Crippen LogP contribution < -0.4 is 11.2 Å². The van der Waals surface area contributed by atoms with E-state index in [0.717, 1.165) is 4.57 Å². The van der Waals surface area contributed by atoms with E-state index < -0.39 is 17.2 Å². The molecule has 0 atom stereocenters. The van der Waals surface area contributed by atoms with Gasteiger partial charge in [0.2, 0.25) is 0 Å². The van der Waals surface area contributed by atoms with E-state index in [2.05, 4.69) is 9.97 Å². The first kappa shape index (κ1) is 12.9. The predicted octanol–water partition coefficient (Wildman–Crippen LogP) is -0.910. The van der Waals surface area contributed by atoms with Gasteiger partial charge in [0.05, 0.1) is 11.9 Å². The van der Waals surface area contributed by atoms with Crippen LogP contribution in [0.4, 0.5) is 0 Å². The first-order valence-corrected chi connectivity index (χ1v) is 5.47. The lowest BCUT2D eigenvalue weighted by molar-refractivity contribution is -0.142. The zero-order chi connectivity index (χ0) is 14.2. The number of carbonyl (C=O) groups excluding carboxylic acids is 1. The van der Waals surface area contributed by atoms with Gasteiger partial charge >= 0.3 is 11.7 Å². The normalized spacial score (nSPS) is 10.7. The number of carbonyl (C=O) groups is 1. The van der Waals surface area contributed by atoms with Gasteiger partial charge in [-0.1, -0.05) is 0 Å². The van der Waals surface area contributed by atoms with Gasteiger partial charge in [-0.15, -0.1) is 0 Å². The molecule has 0 aliphatic rings. The van der Waals surface area contributed by atoms with Crippen molar-refractivity contribution in [3.05, 3.63) is 32.7 Å². The molecule has 0 bridgehead atoms. The quantitative estimate of drug-likeness (QED) is 0.651. The number of fused-ring (bicyclic) bond motifs is 1.